The summed E-state index contributed by atoms with van der Waals surface area (Å²) in [5, 5.41) is 2.84. The number of benzene rings is 2. The Morgan fingerprint density at radius 3 is 2.71 bits per heavy atom. The van der Waals surface area contributed by atoms with E-state index in [1.807, 2.05) is 24.3 Å². The number of hydrogen-bond donors (Lipinski definition) is 1. The summed E-state index contributed by atoms with van der Waals surface area (Å²) in [5.41, 5.74) is 2.41. The van der Waals surface area contributed by atoms with Gasteiger partial charge in [-0.1, -0.05) is 18.2 Å². The van der Waals surface area contributed by atoms with E-state index in [9.17, 15) is 9.59 Å². The number of methoxy groups -OCH3 is 1. The third-order valence-corrected chi connectivity index (χ3v) is 5.66. The lowest BCUT2D eigenvalue weighted by Crippen LogP contribution is -2.42. The van der Waals surface area contributed by atoms with E-state index < -0.39 is 6.04 Å². The van der Waals surface area contributed by atoms with Crippen LogP contribution in [0.1, 0.15) is 21.3 Å². The normalized spacial score (nSPS) is 21.4. The molecule has 6 heteroatoms. The fraction of sp³-hybridized carbons (Fsp3) is 0.222. The van der Waals surface area contributed by atoms with Crippen molar-refractivity contribution in [2.24, 2.45) is 0 Å². The smallest absolute Gasteiger partial charge is 0.256 e. The first-order valence-electron chi connectivity index (χ1n) is 7.67. The highest BCUT2D eigenvalue weighted by molar-refractivity contribution is 7.99. The van der Waals surface area contributed by atoms with E-state index in [1.54, 1.807) is 48.0 Å². The topological polar surface area (TPSA) is 58.6 Å². The number of ether oxygens (including phenoxy) is 1. The fourth-order valence-electron chi connectivity index (χ4n) is 3.14. The number of nitrogens with zero attached hydrogens (tertiary/aromatic N) is 1. The molecular weight excluding hydrogens is 324 g/mol. The molecule has 1 saturated heterocycles. The molecule has 0 saturated carbocycles. The molecule has 2 aliphatic heterocycles. The molecule has 0 spiro atoms. The maximum Gasteiger partial charge on any atom is 0.256 e. The first kappa shape index (κ1) is 15.1. The van der Waals surface area contributed by atoms with Crippen LogP contribution >= 0.6 is 11.8 Å². The summed E-state index contributed by atoms with van der Waals surface area (Å²) in [7, 11) is 1.60. The molecule has 5 nitrogen and oxygen atoms in total. The molecular formula is C18H16N2O3S. The number of thioether (sulfide) groups is 1. The summed E-state index contributed by atoms with van der Waals surface area (Å²) >= 11 is 1.64. The van der Waals surface area contributed by atoms with E-state index in [1.165, 1.54) is 0 Å². The van der Waals surface area contributed by atoms with Crippen LogP contribution in [-0.2, 0) is 4.79 Å². The molecule has 0 unspecified atom stereocenters. The van der Waals surface area contributed by atoms with E-state index in [-0.39, 0.29) is 17.2 Å². The predicted molar refractivity (Wildman–Crippen MR) is 93.2 cm³/mol. The molecule has 1 fully saturated rings. The summed E-state index contributed by atoms with van der Waals surface area (Å²) in [5.74, 6) is 1.12. The van der Waals surface area contributed by atoms with Crippen LogP contribution in [-0.4, -0.2) is 35.6 Å². The van der Waals surface area contributed by atoms with Crippen LogP contribution in [0.15, 0.2) is 48.5 Å². The Morgan fingerprint density at radius 2 is 1.96 bits per heavy atom. The molecule has 0 aromatic heterocycles. The van der Waals surface area contributed by atoms with Crippen molar-refractivity contribution < 1.29 is 14.3 Å². The molecule has 2 aromatic carbocycles. The molecule has 2 amide bonds. The number of carbonyl (C=O) groups excluding carboxylic acids is 2. The van der Waals surface area contributed by atoms with Crippen molar-refractivity contribution >= 4 is 29.3 Å². The van der Waals surface area contributed by atoms with Crippen LogP contribution in [0.2, 0.25) is 0 Å². The fourth-order valence-corrected chi connectivity index (χ4v) is 4.61. The lowest BCUT2D eigenvalue weighted by molar-refractivity contribution is -0.119. The van der Waals surface area contributed by atoms with Crippen LogP contribution in [0.5, 0.6) is 5.75 Å². The Balaban J connectivity index is 1.53. The maximum atomic E-state index is 12.7. The van der Waals surface area contributed by atoms with Crippen molar-refractivity contribution in [2.75, 3.05) is 18.2 Å². The monoisotopic (exact) mass is 340 g/mol. The SMILES string of the molecule is COc1ccc(NC(=O)[C@@H]2CS[C@@H]3c4ccccc4C(=O)N32)cc1. The Bertz CT molecular complexity index is 806. The highest BCUT2D eigenvalue weighted by Crippen LogP contribution is 2.48. The number of rotatable bonds is 3. The van der Waals surface area contributed by atoms with Gasteiger partial charge in [-0.3, -0.25) is 9.59 Å². The molecule has 0 aliphatic carbocycles. The lowest BCUT2D eigenvalue weighted by Gasteiger charge is -2.22. The van der Waals surface area contributed by atoms with Gasteiger partial charge in [0.1, 0.15) is 17.2 Å². The number of anilines is 1. The first-order chi connectivity index (χ1) is 11.7. The minimum Gasteiger partial charge on any atom is -0.497 e. The van der Waals surface area contributed by atoms with E-state index >= 15 is 0 Å². The van der Waals surface area contributed by atoms with Crippen LogP contribution in [0.3, 0.4) is 0 Å². The maximum absolute atomic E-state index is 12.7. The highest BCUT2D eigenvalue weighted by atomic mass is 32.2. The van der Waals surface area contributed by atoms with E-state index in [0.717, 1.165) is 11.3 Å². The quantitative estimate of drug-likeness (QED) is 0.933. The molecule has 1 N–H and O–H groups in total. The van der Waals surface area contributed by atoms with Gasteiger partial charge >= 0.3 is 0 Å². The molecule has 122 valence electrons. The summed E-state index contributed by atoms with van der Waals surface area (Å²) in [6.45, 7) is 0. The van der Waals surface area contributed by atoms with Crippen molar-refractivity contribution in [2.45, 2.75) is 11.4 Å². The van der Waals surface area contributed by atoms with E-state index in [2.05, 4.69) is 5.32 Å². The van der Waals surface area contributed by atoms with Crippen molar-refractivity contribution in [1.29, 1.82) is 0 Å². The predicted octanol–water partition coefficient (Wildman–Crippen LogP) is 2.90. The van der Waals surface area contributed by atoms with Gasteiger partial charge in [0.15, 0.2) is 0 Å². The Morgan fingerprint density at radius 1 is 1.21 bits per heavy atom. The zero-order valence-corrected chi connectivity index (χ0v) is 13.9. The van der Waals surface area contributed by atoms with Gasteiger partial charge in [-0.2, -0.15) is 0 Å². The van der Waals surface area contributed by atoms with Gasteiger partial charge in [-0.25, -0.2) is 0 Å². The van der Waals surface area contributed by atoms with Gasteiger partial charge in [0.25, 0.3) is 5.91 Å². The lowest BCUT2D eigenvalue weighted by atomic mass is 10.1. The number of nitrogens with one attached hydrogen (secondary N) is 1. The Kier molecular flexibility index (Phi) is 3.69. The number of fused-ring (bicyclic) bond motifs is 3. The zero-order valence-electron chi connectivity index (χ0n) is 13.1. The third kappa shape index (κ3) is 2.34. The summed E-state index contributed by atoms with van der Waals surface area (Å²) < 4.78 is 5.11. The van der Waals surface area contributed by atoms with Crippen LogP contribution in [0, 0.1) is 0 Å². The van der Waals surface area contributed by atoms with Crippen molar-refractivity contribution in [3.8, 4) is 5.75 Å². The second-order valence-electron chi connectivity index (χ2n) is 5.72. The van der Waals surface area contributed by atoms with Gasteiger partial charge in [-0.15, -0.1) is 11.8 Å². The number of carbonyl (C=O) groups is 2. The second-order valence-corrected chi connectivity index (χ2v) is 6.83. The molecule has 0 bridgehead atoms. The van der Waals surface area contributed by atoms with Crippen LogP contribution in [0.4, 0.5) is 5.69 Å². The molecule has 4 rings (SSSR count). The molecule has 0 radical (unpaired) electrons. The van der Waals surface area contributed by atoms with Gasteiger partial charge in [0.2, 0.25) is 5.91 Å². The van der Waals surface area contributed by atoms with Crippen molar-refractivity contribution in [3.05, 3.63) is 59.7 Å². The van der Waals surface area contributed by atoms with Gasteiger partial charge < -0.3 is 15.0 Å². The van der Waals surface area contributed by atoms with Gasteiger partial charge in [0.05, 0.1) is 7.11 Å². The van der Waals surface area contributed by atoms with Crippen LogP contribution in [0.25, 0.3) is 0 Å². The van der Waals surface area contributed by atoms with E-state index in [0.29, 0.717) is 17.0 Å². The Hall–Kier alpha value is -2.47. The molecule has 24 heavy (non-hydrogen) atoms. The molecule has 2 heterocycles. The van der Waals surface area contributed by atoms with Crippen molar-refractivity contribution in [3.63, 3.8) is 0 Å². The summed E-state index contributed by atoms with van der Waals surface area (Å²) in [4.78, 5) is 27.0. The minimum atomic E-state index is -0.456. The second kappa shape index (κ2) is 5.87. The van der Waals surface area contributed by atoms with Gasteiger partial charge in [-0.05, 0) is 35.9 Å². The van der Waals surface area contributed by atoms with Gasteiger partial charge in [0, 0.05) is 17.0 Å². The largest absolute Gasteiger partial charge is 0.497 e. The first-order valence-corrected chi connectivity index (χ1v) is 8.72. The molecule has 2 atom stereocenters. The average molecular weight is 340 g/mol. The summed E-state index contributed by atoms with van der Waals surface area (Å²) in [6.07, 6.45) is 0. The van der Waals surface area contributed by atoms with Crippen LogP contribution < -0.4 is 10.1 Å². The number of hydrogen-bond acceptors (Lipinski definition) is 4. The zero-order chi connectivity index (χ0) is 16.7. The molecule has 2 aromatic rings. The Labute approximate surface area is 144 Å². The van der Waals surface area contributed by atoms with E-state index in [4.69, 9.17) is 4.74 Å². The average Bonchev–Trinajstić information content (AvgIpc) is 3.17. The minimum absolute atomic E-state index is 0.0553. The highest BCUT2D eigenvalue weighted by Gasteiger charge is 2.48. The van der Waals surface area contributed by atoms with Crippen molar-refractivity contribution in [1.82, 2.24) is 4.90 Å². The summed E-state index contributed by atoms with van der Waals surface area (Å²) in [6, 6.07) is 14.3. The molecule has 2 aliphatic rings. The standard InChI is InChI=1S/C18H16N2O3S/c1-23-12-8-6-11(7-9-12)19-16(21)15-10-24-18-14-5-3-2-4-13(14)17(22)20(15)18/h2-9,15,18H,10H2,1H3,(H,19,21)/t15-,18+/m0/s1. The number of amides is 2. The third-order valence-electron chi connectivity index (χ3n) is 4.35.